The molecule has 0 aromatic heterocycles. The summed E-state index contributed by atoms with van der Waals surface area (Å²) in [4.78, 5) is 29.8. The molecular formula is C24H32N2O2. The van der Waals surface area contributed by atoms with Crippen LogP contribution in [0.5, 0.6) is 0 Å². The Hall–Kier alpha value is -1.84. The van der Waals surface area contributed by atoms with Gasteiger partial charge >= 0.3 is 0 Å². The fraction of sp³-hybridized carbons (Fsp3) is 0.667. The highest BCUT2D eigenvalue weighted by Crippen LogP contribution is 2.61. The van der Waals surface area contributed by atoms with Crippen molar-refractivity contribution >= 4 is 11.8 Å². The lowest BCUT2D eigenvalue weighted by molar-refractivity contribution is -0.141. The van der Waals surface area contributed by atoms with Crippen molar-refractivity contribution in [2.24, 2.45) is 23.2 Å². The molecule has 5 fully saturated rings. The number of amides is 2. The van der Waals surface area contributed by atoms with Gasteiger partial charge in [-0.2, -0.15) is 0 Å². The van der Waals surface area contributed by atoms with E-state index in [1.807, 2.05) is 41.0 Å². The van der Waals surface area contributed by atoms with Gasteiger partial charge in [-0.05, 0) is 80.8 Å². The molecule has 4 bridgehead atoms. The summed E-state index contributed by atoms with van der Waals surface area (Å²) in [6, 6.07) is 7.79. The van der Waals surface area contributed by atoms with Gasteiger partial charge in [-0.25, -0.2) is 0 Å². The Balaban J connectivity index is 1.18. The largest absolute Gasteiger partial charge is 0.339 e. The van der Waals surface area contributed by atoms with E-state index in [0.717, 1.165) is 35.3 Å². The van der Waals surface area contributed by atoms with Crippen LogP contribution in [0.3, 0.4) is 0 Å². The van der Waals surface area contributed by atoms with Crippen LogP contribution in [0, 0.1) is 30.1 Å². The molecule has 0 radical (unpaired) electrons. The molecule has 1 heterocycles. The summed E-state index contributed by atoms with van der Waals surface area (Å²) in [5.41, 5.74) is 2.17. The standard InChI is InChI=1S/C24H32N2O2/c1-17-3-2-4-21(9-17)23(28)26-7-5-25(6-8-26)22(27)16-24-13-18-10-19(14-24)12-20(11-18)15-24/h2-4,9,18-20H,5-8,10-16H2,1H3. The molecule has 0 N–H and O–H groups in total. The Morgan fingerprint density at radius 1 is 0.929 bits per heavy atom. The summed E-state index contributed by atoms with van der Waals surface area (Å²) in [6.07, 6.45) is 8.89. The smallest absolute Gasteiger partial charge is 0.253 e. The molecule has 1 aromatic carbocycles. The molecule has 0 spiro atoms. The Bertz CT molecular complexity index is 743. The highest BCUT2D eigenvalue weighted by atomic mass is 16.2. The molecule has 1 aliphatic heterocycles. The minimum Gasteiger partial charge on any atom is -0.339 e. The molecule has 4 nitrogen and oxygen atoms in total. The number of hydrogen-bond acceptors (Lipinski definition) is 2. The zero-order valence-corrected chi connectivity index (χ0v) is 17.0. The van der Waals surface area contributed by atoms with Crippen molar-refractivity contribution in [3.63, 3.8) is 0 Å². The minimum atomic E-state index is 0.0943. The van der Waals surface area contributed by atoms with Crippen LogP contribution in [0.4, 0.5) is 0 Å². The molecule has 2 amide bonds. The fourth-order valence-electron chi connectivity index (χ4n) is 7.06. The van der Waals surface area contributed by atoms with E-state index in [9.17, 15) is 9.59 Å². The minimum absolute atomic E-state index is 0.0943. The maximum atomic E-state index is 13.1. The van der Waals surface area contributed by atoms with E-state index in [1.54, 1.807) is 0 Å². The molecule has 1 aromatic rings. The van der Waals surface area contributed by atoms with Crippen LogP contribution in [0.2, 0.25) is 0 Å². The second kappa shape index (κ2) is 6.89. The van der Waals surface area contributed by atoms with Crippen molar-refractivity contribution in [3.8, 4) is 0 Å². The van der Waals surface area contributed by atoms with Gasteiger partial charge < -0.3 is 9.80 Å². The van der Waals surface area contributed by atoms with Crippen molar-refractivity contribution in [1.82, 2.24) is 9.80 Å². The highest BCUT2D eigenvalue weighted by Gasteiger charge is 2.51. The van der Waals surface area contributed by atoms with Gasteiger partial charge in [-0.1, -0.05) is 17.7 Å². The first-order chi connectivity index (χ1) is 13.5. The molecule has 4 aliphatic carbocycles. The van der Waals surface area contributed by atoms with Crippen LogP contribution in [0.25, 0.3) is 0 Å². The van der Waals surface area contributed by atoms with Gasteiger partial charge in [-0.3, -0.25) is 9.59 Å². The van der Waals surface area contributed by atoms with Crippen LogP contribution < -0.4 is 0 Å². The van der Waals surface area contributed by atoms with Gasteiger partial charge in [0.15, 0.2) is 0 Å². The zero-order chi connectivity index (χ0) is 19.3. The average molecular weight is 381 g/mol. The van der Waals surface area contributed by atoms with Crippen LogP contribution in [0.15, 0.2) is 24.3 Å². The van der Waals surface area contributed by atoms with E-state index in [-0.39, 0.29) is 5.91 Å². The number of piperazine rings is 1. The monoisotopic (exact) mass is 380 g/mol. The van der Waals surface area contributed by atoms with Crippen molar-refractivity contribution in [2.75, 3.05) is 26.2 Å². The number of carbonyl (C=O) groups is 2. The second-order valence-corrected chi connectivity index (χ2v) is 10.1. The molecule has 150 valence electrons. The molecule has 5 aliphatic rings. The summed E-state index contributed by atoms with van der Waals surface area (Å²) >= 11 is 0. The highest BCUT2D eigenvalue weighted by molar-refractivity contribution is 5.94. The molecular weight excluding hydrogens is 348 g/mol. The number of hydrogen-bond donors (Lipinski definition) is 0. The summed E-state index contributed by atoms with van der Waals surface area (Å²) in [7, 11) is 0. The number of carbonyl (C=O) groups excluding carboxylic acids is 2. The third-order valence-corrected chi connectivity index (χ3v) is 7.88. The van der Waals surface area contributed by atoms with Crippen LogP contribution >= 0.6 is 0 Å². The quantitative estimate of drug-likeness (QED) is 0.798. The third-order valence-electron chi connectivity index (χ3n) is 7.88. The molecule has 4 saturated carbocycles. The van der Waals surface area contributed by atoms with Crippen molar-refractivity contribution < 1.29 is 9.59 Å². The molecule has 4 heteroatoms. The van der Waals surface area contributed by atoms with Gasteiger partial charge in [0.2, 0.25) is 5.91 Å². The summed E-state index contributed by atoms with van der Waals surface area (Å²) in [5.74, 6) is 3.11. The molecule has 0 unspecified atom stereocenters. The lowest BCUT2D eigenvalue weighted by Gasteiger charge is -2.57. The van der Waals surface area contributed by atoms with Crippen molar-refractivity contribution in [3.05, 3.63) is 35.4 Å². The van der Waals surface area contributed by atoms with E-state index in [0.29, 0.717) is 37.5 Å². The Kier molecular flexibility index (Phi) is 4.48. The van der Waals surface area contributed by atoms with Gasteiger partial charge in [0.05, 0.1) is 0 Å². The van der Waals surface area contributed by atoms with E-state index < -0.39 is 0 Å². The normalized spacial score (nSPS) is 34.0. The maximum absolute atomic E-state index is 13.1. The molecule has 1 saturated heterocycles. The van der Waals surface area contributed by atoms with Gasteiger partial charge in [0.1, 0.15) is 0 Å². The Morgan fingerprint density at radius 3 is 2.07 bits per heavy atom. The predicted octanol–water partition coefficient (Wildman–Crippen LogP) is 3.89. The summed E-state index contributed by atoms with van der Waals surface area (Å²) in [6.45, 7) is 4.68. The van der Waals surface area contributed by atoms with Crippen LogP contribution in [0.1, 0.15) is 60.9 Å². The maximum Gasteiger partial charge on any atom is 0.253 e. The first-order valence-corrected chi connectivity index (χ1v) is 11.1. The SMILES string of the molecule is Cc1cccc(C(=O)N2CCN(C(=O)CC34CC5CC(CC(C5)C3)C4)CC2)c1. The lowest BCUT2D eigenvalue weighted by atomic mass is 9.49. The van der Waals surface area contributed by atoms with E-state index >= 15 is 0 Å². The predicted molar refractivity (Wildman–Crippen MR) is 109 cm³/mol. The summed E-state index contributed by atoms with van der Waals surface area (Å²) < 4.78 is 0. The average Bonchev–Trinajstić information content (AvgIpc) is 2.66. The van der Waals surface area contributed by atoms with Crippen LogP contribution in [-0.4, -0.2) is 47.8 Å². The fourth-order valence-corrected chi connectivity index (χ4v) is 7.06. The lowest BCUT2D eigenvalue weighted by Crippen LogP contribution is -2.53. The Morgan fingerprint density at radius 2 is 1.50 bits per heavy atom. The first-order valence-electron chi connectivity index (χ1n) is 11.1. The topological polar surface area (TPSA) is 40.6 Å². The van der Waals surface area contributed by atoms with E-state index in [2.05, 4.69) is 0 Å². The number of rotatable bonds is 3. The van der Waals surface area contributed by atoms with Gasteiger partial charge in [0, 0.05) is 38.2 Å². The number of aryl methyl sites for hydroxylation is 1. The van der Waals surface area contributed by atoms with Gasteiger partial charge in [0.25, 0.3) is 5.91 Å². The van der Waals surface area contributed by atoms with Crippen LogP contribution in [-0.2, 0) is 4.79 Å². The molecule has 6 rings (SSSR count). The first kappa shape index (κ1) is 18.2. The summed E-state index contributed by atoms with van der Waals surface area (Å²) in [5, 5.41) is 0. The zero-order valence-electron chi connectivity index (χ0n) is 17.0. The van der Waals surface area contributed by atoms with Gasteiger partial charge in [-0.15, -0.1) is 0 Å². The molecule has 0 atom stereocenters. The van der Waals surface area contributed by atoms with E-state index in [4.69, 9.17) is 0 Å². The molecule has 28 heavy (non-hydrogen) atoms. The van der Waals surface area contributed by atoms with Crippen molar-refractivity contribution in [2.45, 2.75) is 51.9 Å². The van der Waals surface area contributed by atoms with E-state index in [1.165, 1.54) is 38.5 Å². The van der Waals surface area contributed by atoms with Crippen molar-refractivity contribution in [1.29, 1.82) is 0 Å². The third kappa shape index (κ3) is 3.35. The Labute approximate surface area is 168 Å². The number of nitrogens with zero attached hydrogens (tertiary/aromatic N) is 2. The number of benzene rings is 1. The second-order valence-electron chi connectivity index (χ2n) is 10.1.